The van der Waals surface area contributed by atoms with E-state index in [0.717, 1.165) is 11.3 Å². The van der Waals surface area contributed by atoms with Gasteiger partial charge in [-0.15, -0.1) is 0 Å². The molecule has 1 aliphatic rings. The predicted octanol–water partition coefficient (Wildman–Crippen LogP) is 4.04. The second-order valence-electron chi connectivity index (χ2n) is 6.92. The second-order valence-corrected chi connectivity index (χ2v) is 6.92. The van der Waals surface area contributed by atoms with Crippen molar-refractivity contribution in [2.45, 2.75) is 32.1 Å². The number of hydrogen-bond donors (Lipinski definition) is 1. The normalized spacial score (nSPS) is 17.0. The largest absolute Gasteiger partial charge is 0.496 e. The maximum absolute atomic E-state index is 12.5. The Morgan fingerprint density at radius 2 is 1.88 bits per heavy atom. The molecule has 1 fully saturated rings. The zero-order chi connectivity index (χ0) is 18.8. The fraction of sp³-hybridized carbons (Fsp3) is 0.333. The van der Waals surface area contributed by atoms with Crippen LogP contribution in [0.2, 0.25) is 0 Å². The first-order chi connectivity index (χ1) is 12.4. The molecule has 0 spiro atoms. The van der Waals surface area contributed by atoms with E-state index in [4.69, 9.17) is 4.74 Å². The van der Waals surface area contributed by atoms with Crippen LogP contribution in [0.3, 0.4) is 0 Å². The summed E-state index contributed by atoms with van der Waals surface area (Å²) in [4.78, 5) is 25.5. The SMILES string of the molecule is COc1cc(C2CC(=O)N(c3ccc(C(C)C)cc3)C2)ccc1C(=O)O. The predicted molar refractivity (Wildman–Crippen MR) is 100 cm³/mol. The van der Waals surface area contributed by atoms with E-state index < -0.39 is 5.97 Å². The van der Waals surface area contributed by atoms with Crippen molar-refractivity contribution in [1.29, 1.82) is 0 Å². The van der Waals surface area contributed by atoms with Crippen LogP contribution in [-0.2, 0) is 4.79 Å². The summed E-state index contributed by atoms with van der Waals surface area (Å²) < 4.78 is 5.20. The molecule has 2 aromatic rings. The highest BCUT2D eigenvalue weighted by molar-refractivity contribution is 5.96. The Bertz CT molecular complexity index is 826. The van der Waals surface area contributed by atoms with E-state index >= 15 is 0 Å². The fourth-order valence-corrected chi connectivity index (χ4v) is 3.36. The molecule has 1 aliphatic heterocycles. The Hall–Kier alpha value is -2.82. The third kappa shape index (κ3) is 3.43. The van der Waals surface area contributed by atoms with Gasteiger partial charge in [-0.05, 0) is 41.3 Å². The van der Waals surface area contributed by atoms with Gasteiger partial charge in [0.1, 0.15) is 11.3 Å². The number of anilines is 1. The van der Waals surface area contributed by atoms with E-state index in [0.29, 0.717) is 24.6 Å². The number of ether oxygens (including phenoxy) is 1. The van der Waals surface area contributed by atoms with Crippen LogP contribution in [0.4, 0.5) is 5.69 Å². The number of rotatable bonds is 5. The van der Waals surface area contributed by atoms with E-state index in [2.05, 4.69) is 26.0 Å². The standard InChI is InChI=1S/C21H23NO4/c1-13(2)14-4-7-17(8-5-14)22-12-16(11-20(22)23)15-6-9-18(21(24)25)19(10-15)26-3/h4-10,13,16H,11-12H2,1-3H3,(H,24,25). The molecule has 136 valence electrons. The average molecular weight is 353 g/mol. The minimum absolute atomic E-state index is 0.0176. The molecule has 0 aliphatic carbocycles. The van der Waals surface area contributed by atoms with E-state index in [1.54, 1.807) is 23.1 Å². The van der Waals surface area contributed by atoms with Gasteiger partial charge in [0.15, 0.2) is 0 Å². The summed E-state index contributed by atoms with van der Waals surface area (Å²) in [7, 11) is 1.45. The lowest BCUT2D eigenvalue weighted by atomic mass is 9.96. The van der Waals surface area contributed by atoms with Crippen molar-refractivity contribution in [3.05, 3.63) is 59.2 Å². The molecule has 2 aromatic carbocycles. The van der Waals surface area contributed by atoms with Gasteiger partial charge >= 0.3 is 5.97 Å². The number of carbonyl (C=O) groups excluding carboxylic acids is 1. The first-order valence-electron chi connectivity index (χ1n) is 8.72. The van der Waals surface area contributed by atoms with E-state index in [1.807, 2.05) is 12.1 Å². The van der Waals surface area contributed by atoms with Crippen LogP contribution in [0.5, 0.6) is 5.75 Å². The lowest BCUT2D eigenvalue weighted by Gasteiger charge is -2.18. The van der Waals surface area contributed by atoms with Gasteiger partial charge in [0, 0.05) is 24.6 Å². The van der Waals surface area contributed by atoms with Gasteiger partial charge in [-0.3, -0.25) is 4.79 Å². The van der Waals surface area contributed by atoms with Gasteiger partial charge in [-0.2, -0.15) is 0 Å². The molecule has 1 saturated heterocycles. The van der Waals surface area contributed by atoms with Gasteiger partial charge in [-0.1, -0.05) is 32.0 Å². The first-order valence-corrected chi connectivity index (χ1v) is 8.72. The van der Waals surface area contributed by atoms with Crippen LogP contribution in [0.1, 0.15) is 53.6 Å². The van der Waals surface area contributed by atoms with E-state index in [-0.39, 0.29) is 17.4 Å². The third-order valence-electron chi connectivity index (χ3n) is 4.92. The number of aromatic carboxylic acids is 1. The number of nitrogens with zero attached hydrogens (tertiary/aromatic N) is 1. The van der Waals surface area contributed by atoms with Crippen molar-refractivity contribution in [3.8, 4) is 5.75 Å². The summed E-state index contributed by atoms with van der Waals surface area (Å²) in [6.45, 7) is 4.86. The lowest BCUT2D eigenvalue weighted by molar-refractivity contribution is -0.117. The molecular weight excluding hydrogens is 330 g/mol. The lowest BCUT2D eigenvalue weighted by Crippen LogP contribution is -2.24. The van der Waals surface area contributed by atoms with Crippen molar-refractivity contribution >= 4 is 17.6 Å². The number of carbonyl (C=O) groups is 2. The van der Waals surface area contributed by atoms with Crippen molar-refractivity contribution in [2.75, 3.05) is 18.6 Å². The molecule has 26 heavy (non-hydrogen) atoms. The van der Waals surface area contributed by atoms with Crippen LogP contribution >= 0.6 is 0 Å². The van der Waals surface area contributed by atoms with E-state index in [9.17, 15) is 14.7 Å². The molecule has 0 aromatic heterocycles. The fourth-order valence-electron chi connectivity index (χ4n) is 3.36. The zero-order valence-electron chi connectivity index (χ0n) is 15.2. The Kier molecular flexibility index (Phi) is 4.98. The molecule has 1 amide bonds. The second kappa shape index (κ2) is 7.20. The topological polar surface area (TPSA) is 66.8 Å². The number of amides is 1. The Morgan fingerprint density at radius 1 is 1.19 bits per heavy atom. The maximum Gasteiger partial charge on any atom is 0.339 e. The maximum atomic E-state index is 12.5. The van der Waals surface area contributed by atoms with Crippen LogP contribution in [0, 0.1) is 0 Å². The summed E-state index contributed by atoms with van der Waals surface area (Å²) in [5, 5.41) is 9.20. The molecule has 1 N–H and O–H groups in total. The number of carboxylic acid groups (broad SMARTS) is 1. The van der Waals surface area contributed by atoms with Crippen molar-refractivity contribution in [3.63, 3.8) is 0 Å². The van der Waals surface area contributed by atoms with Crippen LogP contribution in [-0.4, -0.2) is 30.6 Å². The smallest absolute Gasteiger partial charge is 0.339 e. The Labute approximate surface area is 153 Å². The molecule has 1 atom stereocenters. The van der Waals surface area contributed by atoms with Crippen molar-refractivity contribution < 1.29 is 19.4 Å². The van der Waals surface area contributed by atoms with E-state index in [1.165, 1.54) is 12.7 Å². The number of benzene rings is 2. The molecule has 0 radical (unpaired) electrons. The molecule has 0 bridgehead atoms. The minimum Gasteiger partial charge on any atom is -0.496 e. The van der Waals surface area contributed by atoms with Gasteiger partial charge < -0.3 is 14.7 Å². The highest BCUT2D eigenvalue weighted by Gasteiger charge is 2.32. The molecule has 1 unspecified atom stereocenters. The summed E-state index contributed by atoms with van der Waals surface area (Å²) in [6, 6.07) is 13.1. The van der Waals surface area contributed by atoms with Crippen LogP contribution < -0.4 is 9.64 Å². The number of hydrogen-bond acceptors (Lipinski definition) is 3. The minimum atomic E-state index is -1.03. The zero-order valence-corrected chi connectivity index (χ0v) is 15.2. The third-order valence-corrected chi connectivity index (χ3v) is 4.92. The molecular formula is C21H23NO4. The summed E-state index contributed by atoms with van der Waals surface area (Å²) in [6.07, 6.45) is 0.404. The summed E-state index contributed by atoms with van der Waals surface area (Å²) >= 11 is 0. The quantitative estimate of drug-likeness (QED) is 0.881. The van der Waals surface area contributed by atoms with Gasteiger partial charge in [0.05, 0.1) is 7.11 Å². The number of carboxylic acids is 1. The monoisotopic (exact) mass is 353 g/mol. The molecule has 3 rings (SSSR count). The highest BCUT2D eigenvalue weighted by Crippen LogP contribution is 2.34. The van der Waals surface area contributed by atoms with Gasteiger partial charge in [-0.25, -0.2) is 4.79 Å². The molecule has 0 saturated carbocycles. The summed E-state index contributed by atoms with van der Waals surface area (Å²) in [5.74, 6) is -0.158. The first kappa shape index (κ1) is 18.0. The Morgan fingerprint density at radius 3 is 2.46 bits per heavy atom. The Balaban J connectivity index is 1.82. The number of methoxy groups -OCH3 is 1. The van der Waals surface area contributed by atoms with Crippen molar-refractivity contribution in [1.82, 2.24) is 0 Å². The molecule has 5 nitrogen and oxygen atoms in total. The van der Waals surface area contributed by atoms with Gasteiger partial charge in [0.2, 0.25) is 5.91 Å². The molecule has 5 heteroatoms. The van der Waals surface area contributed by atoms with Crippen molar-refractivity contribution in [2.24, 2.45) is 0 Å². The highest BCUT2D eigenvalue weighted by atomic mass is 16.5. The average Bonchev–Trinajstić information content (AvgIpc) is 3.02. The van der Waals surface area contributed by atoms with Crippen LogP contribution in [0.25, 0.3) is 0 Å². The van der Waals surface area contributed by atoms with Gasteiger partial charge in [0.25, 0.3) is 0 Å². The summed E-state index contributed by atoms with van der Waals surface area (Å²) in [5.41, 5.74) is 3.19. The van der Waals surface area contributed by atoms with Crippen LogP contribution in [0.15, 0.2) is 42.5 Å². The molecule has 1 heterocycles.